The van der Waals surface area contributed by atoms with Crippen LogP contribution in [0, 0.1) is 0 Å². The van der Waals surface area contributed by atoms with Gasteiger partial charge in [-0.15, -0.1) is 0 Å². The third-order valence-electron chi connectivity index (χ3n) is 4.16. The van der Waals surface area contributed by atoms with Crippen LogP contribution in [0.5, 0.6) is 5.75 Å². The van der Waals surface area contributed by atoms with Gasteiger partial charge in [0.05, 0.1) is 12.7 Å². The summed E-state index contributed by atoms with van der Waals surface area (Å²) < 4.78 is 5.17. The Morgan fingerprint density at radius 1 is 1.29 bits per heavy atom. The number of fused-ring (bicyclic) bond motifs is 1. The normalized spacial score (nSPS) is 13.2. The fourth-order valence-electron chi connectivity index (χ4n) is 2.86. The van der Waals surface area contributed by atoms with Gasteiger partial charge in [0, 0.05) is 44.2 Å². The zero-order chi connectivity index (χ0) is 17.1. The molecule has 2 heterocycles. The fourth-order valence-corrected chi connectivity index (χ4v) is 2.86. The molecule has 0 aliphatic carbocycles. The largest absolute Gasteiger partial charge is 0.497 e. The van der Waals surface area contributed by atoms with Gasteiger partial charge in [-0.05, 0) is 29.7 Å². The molecule has 1 aromatic carbocycles. The van der Waals surface area contributed by atoms with E-state index >= 15 is 0 Å². The first kappa shape index (κ1) is 16.0. The average Bonchev–Trinajstić information content (AvgIpc) is 2.60. The minimum Gasteiger partial charge on any atom is -0.497 e. The maximum Gasteiger partial charge on any atom is 0.257 e. The van der Waals surface area contributed by atoms with Gasteiger partial charge in [0.15, 0.2) is 0 Å². The molecule has 3 rings (SSSR count). The number of nitrogens with one attached hydrogen (secondary N) is 1. The van der Waals surface area contributed by atoms with Crippen LogP contribution in [0.3, 0.4) is 0 Å². The van der Waals surface area contributed by atoms with Crippen molar-refractivity contribution in [2.75, 3.05) is 19.0 Å². The Morgan fingerprint density at radius 3 is 2.88 bits per heavy atom. The molecule has 6 heteroatoms. The van der Waals surface area contributed by atoms with E-state index in [1.807, 2.05) is 12.1 Å². The number of nitrogens with zero attached hydrogens (tertiary/aromatic N) is 2. The van der Waals surface area contributed by atoms with Crippen molar-refractivity contribution in [3.8, 4) is 5.75 Å². The second kappa shape index (κ2) is 6.70. The fraction of sp³-hybridized carbons (Fsp3) is 0.278. The molecule has 2 amide bonds. The molecule has 1 aliphatic heterocycles. The van der Waals surface area contributed by atoms with Gasteiger partial charge in [-0.25, -0.2) is 0 Å². The van der Waals surface area contributed by atoms with E-state index in [0.717, 1.165) is 11.1 Å². The highest BCUT2D eigenvalue weighted by Gasteiger charge is 2.23. The first-order valence-corrected chi connectivity index (χ1v) is 7.75. The lowest BCUT2D eigenvalue weighted by atomic mass is 9.96. The number of hydrogen-bond donors (Lipinski definition) is 1. The molecule has 0 bridgehead atoms. The molecule has 6 nitrogen and oxygen atoms in total. The van der Waals surface area contributed by atoms with E-state index in [2.05, 4.69) is 10.3 Å². The molecule has 1 aliphatic rings. The zero-order valence-corrected chi connectivity index (χ0v) is 13.7. The van der Waals surface area contributed by atoms with E-state index in [4.69, 9.17) is 4.74 Å². The van der Waals surface area contributed by atoms with Crippen molar-refractivity contribution < 1.29 is 14.3 Å². The number of anilines is 1. The maximum atomic E-state index is 12.6. The summed E-state index contributed by atoms with van der Waals surface area (Å²) >= 11 is 0. The van der Waals surface area contributed by atoms with Gasteiger partial charge in [-0.1, -0.05) is 6.07 Å². The first-order chi connectivity index (χ1) is 11.6. The van der Waals surface area contributed by atoms with Gasteiger partial charge in [-0.2, -0.15) is 0 Å². The van der Waals surface area contributed by atoms with Crippen molar-refractivity contribution in [2.45, 2.75) is 19.9 Å². The molecule has 0 saturated heterocycles. The Hall–Kier alpha value is -2.89. The highest BCUT2D eigenvalue weighted by molar-refractivity contribution is 6.05. The highest BCUT2D eigenvalue weighted by atomic mass is 16.5. The molecule has 0 fully saturated rings. The van der Waals surface area contributed by atoms with Crippen LogP contribution >= 0.6 is 0 Å². The van der Waals surface area contributed by atoms with Crippen molar-refractivity contribution in [2.24, 2.45) is 0 Å². The second-order valence-corrected chi connectivity index (χ2v) is 5.70. The van der Waals surface area contributed by atoms with Crippen LogP contribution in [0.15, 0.2) is 36.7 Å². The summed E-state index contributed by atoms with van der Waals surface area (Å²) in [6, 6.07) is 7.20. The van der Waals surface area contributed by atoms with Gasteiger partial charge in [0.1, 0.15) is 5.75 Å². The molecular weight excluding hydrogens is 306 g/mol. The van der Waals surface area contributed by atoms with E-state index in [-0.39, 0.29) is 11.8 Å². The predicted octanol–water partition coefficient (Wildman–Crippen LogP) is 2.25. The van der Waals surface area contributed by atoms with E-state index in [1.165, 1.54) is 0 Å². The van der Waals surface area contributed by atoms with Crippen molar-refractivity contribution in [1.82, 2.24) is 9.88 Å². The second-order valence-electron chi connectivity index (χ2n) is 5.70. The molecule has 0 saturated carbocycles. The van der Waals surface area contributed by atoms with Crippen molar-refractivity contribution in [1.29, 1.82) is 0 Å². The van der Waals surface area contributed by atoms with Crippen LogP contribution in [0.4, 0.5) is 5.69 Å². The number of aromatic nitrogens is 1. The highest BCUT2D eigenvalue weighted by Crippen LogP contribution is 2.23. The van der Waals surface area contributed by atoms with Crippen LogP contribution < -0.4 is 10.1 Å². The first-order valence-electron chi connectivity index (χ1n) is 7.75. The van der Waals surface area contributed by atoms with Crippen molar-refractivity contribution in [3.63, 3.8) is 0 Å². The van der Waals surface area contributed by atoms with Crippen LogP contribution in [0.1, 0.15) is 28.4 Å². The molecular formula is C18H19N3O3. The standard InChI is InChI=1S/C18H19N3O3/c1-12(22)21-7-6-16-13(11-21)9-19-10-17(16)18(23)20-14-4-3-5-15(8-14)24-2/h3-5,8-10H,6-7,11H2,1-2H3,(H,20,23). The Balaban J connectivity index is 1.83. The Morgan fingerprint density at radius 2 is 2.12 bits per heavy atom. The number of methoxy groups -OCH3 is 1. The smallest absolute Gasteiger partial charge is 0.257 e. The summed E-state index contributed by atoms with van der Waals surface area (Å²) in [6.45, 7) is 2.67. The summed E-state index contributed by atoms with van der Waals surface area (Å²) in [7, 11) is 1.58. The summed E-state index contributed by atoms with van der Waals surface area (Å²) in [4.78, 5) is 30.1. The summed E-state index contributed by atoms with van der Waals surface area (Å²) in [5, 5.41) is 2.88. The molecule has 0 atom stereocenters. The number of pyridine rings is 1. The van der Waals surface area contributed by atoms with Crippen molar-refractivity contribution in [3.05, 3.63) is 53.3 Å². The minimum absolute atomic E-state index is 0.0342. The molecule has 1 aromatic heterocycles. The zero-order valence-electron chi connectivity index (χ0n) is 13.7. The van der Waals surface area contributed by atoms with E-state index in [9.17, 15) is 9.59 Å². The number of carbonyl (C=O) groups is 2. The summed E-state index contributed by atoms with van der Waals surface area (Å²) in [6.07, 6.45) is 3.96. The van der Waals surface area contributed by atoms with Gasteiger partial charge in [0.2, 0.25) is 5.91 Å². The van der Waals surface area contributed by atoms with Crippen LogP contribution in [-0.4, -0.2) is 35.4 Å². The SMILES string of the molecule is COc1cccc(NC(=O)c2cncc3c2CCN(C(C)=O)C3)c1. The topological polar surface area (TPSA) is 71.5 Å². The maximum absolute atomic E-state index is 12.6. The molecule has 124 valence electrons. The third-order valence-corrected chi connectivity index (χ3v) is 4.16. The molecule has 0 radical (unpaired) electrons. The lowest BCUT2D eigenvalue weighted by Crippen LogP contribution is -2.35. The molecule has 0 spiro atoms. The lowest BCUT2D eigenvalue weighted by Gasteiger charge is -2.28. The van der Waals surface area contributed by atoms with Gasteiger partial charge < -0.3 is 15.0 Å². The van der Waals surface area contributed by atoms with Crippen LogP contribution in [0.25, 0.3) is 0 Å². The third kappa shape index (κ3) is 3.22. The van der Waals surface area contributed by atoms with Crippen LogP contribution in [-0.2, 0) is 17.8 Å². The van der Waals surface area contributed by atoms with E-state index in [0.29, 0.717) is 36.5 Å². The van der Waals surface area contributed by atoms with Gasteiger partial charge >= 0.3 is 0 Å². The number of benzene rings is 1. The van der Waals surface area contributed by atoms with Crippen LogP contribution in [0.2, 0.25) is 0 Å². The number of carbonyl (C=O) groups excluding carboxylic acids is 2. The number of hydrogen-bond acceptors (Lipinski definition) is 4. The average molecular weight is 325 g/mol. The number of amides is 2. The Bertz CT molecular complexity index is 789. The molecule has 2 aromatic rings. The van der Waals surface area contributed by atoms with Gasteiger partial charge in [-0.3, -0.25) is 14.6 Å². The predicted molar refractivity (Wildman–Crippen MR) is 90.0 cm³/mol. The number of rotatable bonds is 3. The summed E-state index contributed by atoms with van der Waals surface area (Å²) in [5.74, 6) is 0.508. The summed E-state index contributed by atoms with van der Waals surface area (Å²) in [5.41, 5.74) is 3.11. The van der Waals surface area contributed by atoms with Gasteiger partial charge in [0.25, 0.3) is 5.91 Å². The quantitative estimate of drug-likeness (QED) is 0.939. The Kier molecular flexibility index (Phi) is 4.46. The monoisotopic (exact) mass is 325 g/mol. The van der Waals surface area contributed by atoms with E-state index < -0.39 is 0 Å². The Labute approximate surface area is 140 Å². The lowest BCUT2D eigenvalue weighted by molar-refractivity contribution is -0.129. The minimum atomic E-state index is -0.205. The van der Waals surface area contributed by atoms with Crippen molar-refractivity contribution >= 4 is 17.5 Å². The number of ether oxygens (including phenoxy) is 1. The molecule has 1 N–H and O–H groups in total. The molecule has 24 heavy (non-hydrogen) atoms. The van der Waals surface area contributed by atoms with E-state index in [1.54, 1.807) is 43.5 Å². The molecule has 0 unspecified atom stereocenters.